The van der Waals surface area contributed by atoms with Crippen molar-refractivity contribution in [2.75, 3.05) is 12.3 Å². The van der Waals surface area contributed by atoms with Gasteiger partial charge in [-0.3, -0.25) is 4.79 Å². The van der Waals surface area contributed by atoms with Crippen LogP contribution >= 0.6 is 0 Å². The Morgan fingerprint density at radius 2 is 2.11 bits per heavy atom. The fourth-order valence-electron chi connectivity index (χ4n) is 1.39. The van der Waals surface area contributed by atoms with Crippen molar-refractivity contribution in [2.24, 2.45) is 0 Å². The molecule has 0 saturated heterocycles. The van der Waals surface area contributed by atoms with E-state index >= 15 is 0 Å². The molecule has 5 nitrogen and oxygen atoms in total. The van der Waals surface area contributed by atoms with Crippen LogP contribution in [0.5, 0.6) is 0 Å². The van der Waals surface area contributed by atoms with E-state index in [2.05, 4.69) is 17.2 Å². The number of carbonyl (C=O) groups excluding carboxylic acids is 1. The first-order chi connectivity index (χ1) is 8.41. The summed E-state index contributed by atoms with van der Waals surface area (Å²) in [6, 6.07) is 3.21. The molecule has 0 aliphatic heterocycles. The van der Waals surface area contributed by atoms with Crippen LogP contribution in [0.15, 0.2) is 12.1 Å². The van der Waals surface area contributed by atoms with Crippen molar-refractivity contribution in [3.8, 4) is 11.8 Å². The van der Waals surface area contributed by atoms with E-state index in [-0.39, 0.29) is 23.7 Å². The Bertz CT molecular complexity index is 553. The third kappa shape index (κ3) is 3.52. The number of carbonyl (C=O) groups is 2. The smallest absolute Gasteiger partial charge is 0.337 e. The summed E-state index contributed by atoms with van der Waals surface area (Å²) < 4.78 is 0. The van der Waals surface area contributed by atoms with Crippen molar-refractivity contribution in [1.29, 1.82) is 0 Å². The molecule has 0 radical (unpaired) electrons. The van der Waals surface area contributed by atoms with Gasteiger partial charge in [-0.15, -0.1) is 0 Å². The maximum atomic E-state index is 11.0. The predicted molar refractivity (Wildman–Crippen MR) is 68.1 cm³/mol. The van der Waals surface area contributed by atoms with E-state index < -0.39 is 5.97 Å². The summed E-state index contributed by atoms with van der Waals surface area (Å²) in [4.78, 5) is 21.6. The van der Waals surface area contributed by atoms with Crippen LogP contribution < -0.4 is 11.1 Å². The van der Waals surface area contributed by atoms with Crippen LogP contribution in [0, 0.1) is 18.8 Å². The number of nitrogens with one attached hydrogen (secondary N) is 1. The summed E-state index contributed by atoms with van der Waals surface area (Å²) in [5, 5.41) is 11.5. The molecule has 0 aromatic heterocycles. The van der Waals surface area contributed by atoms with Gasteiger partial charge in [0.2, 0.25) is 5.91 Å². The van der Waals surface area contributed by atoms with Crippen molar-refractivity contribution < 1.29 is 14.7 Å². The van der Waals surface area contributed by atoms with Gasteiger partial charge < -0.3 is 16.2 Å². The number of hydrogen-bond acceptors (Lipinski definition) is 3. The summed E-state index contributed by atoms with van der Waals surface area (Å²) >= 11 is 0. The highest BCUT2D eigenvalue weighted by molar-refractivity contribution is 5.95. The van der Waals surface area contributed by atoms with E-state index in [1.54, 1.807) is 13.0 Å². The molecule has 0 unspecified atom stereocenters. The minimum absolute atomic E-state index is 0.0406. The zero-order valence-corrected chi connectivity index (χ0v) is 10.2. The van der Waals surface area contributed by atoms with Gasteiger partial charge in [-0.05, 0) is 24.6 Å². The van der Waals surface area contributed by atoms with Crippen molar-refractivity contribution in [1.82, 2.24) is 5.32 Å². The number of carboxylic acid groups (broad SMARTS) is 1. The van der Waals surface area contributed by atoms with E-state index in [0.29, 0.717) is 5.56 Å². The maximum absolute atomic E-state index is 11.0. The minimum Gasteiger partial charge on any atom is -0.478 e. The molecule has 1 amide bonds. The molecule has 18 heavy (non-hydrogen) atoms. The minimum atomic E-state index is -1.08. The Morgan fingerprint density at radius 3 is 2.67 bits per heavy atom. The number of aryl methyl sites for hydroxylation is 1. The lowest BCUT2D eigenvalue weighted by Crippen LogP contribution is -2.19. The summed E-state index contributed by atoms with van der Waals surface area (Å²) in [6.07, 6.45) is 0. The van der Waals surface area contributed by atoms with Gasteiger partial charge in [-0.25, -0.2) is 4.79 Å². The molecule has 0 fully saturated rings. The summed E-state index contributed by atoms with van der Waals surface area (Å²) in [5.41, 5.74) is 7.13. The fraction of sp³-hybridized carbons (Fsp3) is 0.231. The molecule has 4 N–H and O–H groups in total. The van der Waals surface area contributed by atoms with Crippen LogP contribution in [0.2, 0.25) is 0 Å². The SMILES string of the molecule is CC(=O)NCC#Cc1cc(C)cc(C(=O)O)c1N. The van der Waals surface area contributed by atoms with E-state index in [0.717, 1.165) is 5.56 Å². The normalized spacial score (nSPS) is 9.22. The van der Waals surface area contributed by atoms with E-state index in [9.17, 15) is 9.59 Å². The molecule has 1 aromatic carbocycles. The maximum Gasteiger partial charge on any atom is 0.337 e. The summed E-state index contributed by atoms with van der Waals surface area (Å²) in [5.74, 6) is 4.21. The number of rotatable bonds is 2. The largest absolute Gasteiger partial charge is 0.478 e. The van der Waals surface area contributed by atoms with Gasteiger partial charge in [-0.1, -0.05) is 11.8 Å². The van der Waals surface area contributed by atoms with Crippen molar-refractivity contribution in [2.45, 2.75) is 13.8 Å². The number of nitrogens with two attached hydrogens (primary N) is 1. The second-order valence-electron chi connectivity index (χ2n) is 3.79. The van der Waals surface area contributed by atoms with Crippen LogP contribution in [0.3, 0.4) is 0 Å². The number of benzene rings is 1. The lowest BCUT2D eigenvalue weighted by Gasteiger charge is -2.05. The van der Waals surface area contributed by atoms with Crippen molar-refractivity contribution in [3.05, 3.63) is 28.8 Å². The number of anilines is 1. The molecule has 0 bridgehead atoms. The monoisotopic (exact) mass is 246 g/mol. The molecule has 0 atom stereocenters. The van der Waals surface area contributed by atoms with Crippen molar-refractivity contribution in [3.63, 3.8) is 0 Å². The molecule has 5 heteroatoms. The van der Waals surface area contributed by atoms with Gasteiger partial charge in [-0.2, -0.15) is 0 Å². The highest BCUT2D eigenvalue weighted by atomic mass is 16.4. The first kappa shape index (κ1) is 13.6. The summed E-state index contributed by atoms with van der Waals surface area (Å²) in [6.45, 7) is 3.36. The van der Waals surface area contributed by atoms with Gasteiger partial charge in [0, 0.05) is 12.5 Å². The molecule has 0 aliphatic rings. The molecular formula is C13H14N2O3. The van der Waals surface area contributed by atoms with Gasteiger partial charge >= 0.3 is 5.97 Å². The standard InChI is InChI=1S/C13H14N2O3/c1-8-6-10(4-3-5-15-9(2)16)12(14)11(7-8)13(17)18/h6-7H,5,14H2,1-2H3,(H,15,16)(H,17,18). The Hall–Kier alpha value is -2.48. The number of amides is 1. The first-order valence-corrected chi connectivity index (χ1v) is 5.28. The number of nitrogen functional groups attached to an aromatic ring is 1. The Morgan fingerprint density at radius 1 is 1.44 bits per heavy atom. The lowest BCUT2D eigenvalue weighted by molar-refractivity contribution is -0.118. The van der Waals surface area contributed by atoms with Gasteiger partial charge in [0.1, 0.15) is 0 Å². The summed E-state index contributed by atoms with van der Waals surface area (Å²) in [7, 11) is 0. The lowest BCUT2D eigenvalue weighted by atomic mass is 10.0. The van der Waals surface area contributed by atoms with Crippen LogP contribution in [-0.2, 0) is 4.79 Å². The average Bonchev–Trinajstić information content (AvgIpc) is 2.27. The van der Waals surface area contributed by atoms with Crippen molar-refractivity contribution >= 4 is 17.6 Å². The molecule has 94 valence electrons. The highest BCUT2D eigenvalue weighted by Crippen LogP contribution is 2.19. The third-order valence-corrected chi connectivity index (χ3v) is 2.20. The molecule has 1 rings (SSSR count). The molecule has 1 aromatic rings. The van der Waals surface area contributed by atoms with Crippen LogP contribution in [0.1, 0.15) is 28.4 Å². The molecule has 0 heterocycles. The zero-order valence-electron chi connectivity index (χ0n) is 10.2. The predicted octanol–water partition coefficient (Wildman–Crippen LogP) is 0.763. The van der Waals surface area contributed by atoms with E-state index in [1.807, 2.05) is 0 Å². The quantitative estimate of drug-likeness (QED) is 0.530. The molecule has 0 spiro atoms. The highest BCUT2D eigenvalue weighted by Gasteiger charge is 2.11. The number of carboxylic acids is 1. The molecular weight excluding hydrogens is 232 g/mol. The Balaban J connectivity index is 3.02. The average molecular weight is 246 g/mol. The van der Waals surface area contributed by atoms with Gasteiger partial charge in [0.15, 0.2) is 0 Å². The number of aromatic carboxylic acids is 1. The number of hydrogen-bond donors (Lipinski definition) is 3. The zero-order chi connectivity index (χ0) is 13.7. The fourth-order valence-corrected chi connectivity index (χ4v) is 1.39. The first-order valence-electron chi connectivity index (χ1n) is 5.28. The van der Waals surface area contributed by atoms with Gasteiger partial charge in [0.25, 0.3) is 0 Å². The molecule has 0 aliphatic carbocycles. The Labute approximate surface area is 105 Å². The van der Waals surface area contributed by atoms with E-state index in [4.69, 9.17) is 10.8 Å². The Kier molecular flexibility index (Phi) is 4.33. The van der Waals surface area contributed by atoms with E-state index in [1.165, 1.54) is 13.0 Å². The van der Waals surface area contributed by atoms with Crippen LogP contribution in [-0.4, -0.2) is 23.5 Å². The second-order valence-corrected chi connectivity index (χ2v) is 3.79. The topological polar surface area (TPSA) is 92.4 Å². The third-order valence-electron chi connectivity index (χ3n) is 2.20. The van der Waals surface area contributed by atoms with Crippen LogP contribution in [0.25, 0.3) is 0 Å². The van der Waals surface area contributed by atoms with Gasteiger partial charge in [0.05, 0.1) is 17.8 Å². The molecule has 0 saturated carbocycles. The van der Waals surface area contributed by atoms with Crippen LogP contribution in [0.4, 0.5) is 5.69 Å². The second kappa shape index (κ2) is 5.73.